The normalized spacial score (nSPS) is 9.31. The number of aromatic carboxylic acids is 1. The summed E-state index contributed by atoms with van der Waals surface area (Å²) in [6, 6.07) is 3.33. The van der Waals surface area contributed by atoms with Gasteiger partial charge in [0.25, 0.3) is 0 Å². The summed E-state index contributed by atoms with van der Waals surface area (Å²) in [4.78, 5) is 10.7. The molecule has 0 aliphatic carbocycles. The van der Waals surface area contributed by atoms with Gasteiger partial charge >= 0.3 is 5.97 Å². The Hall–Kier alpha value is -1.75. The highest BCUT2D eigenvalue weighted by Gasteiger charge is 2.08. The highest BCUT2D eigenvalue weighted by atomic mass is 16.4. The van der Waals surface area contributed by atoms with E-state index in [0.29, 0.717) is 5.56 Å². The summed E-state index contributed by atoms with van der Waals surface area (Å²) in [5.74, 6) is 1.52. The van der Waals surface area contributed by atoms with Crippen molar-refractivity contribution in [3.63, 3.8) is 0 Å². The fourth-order valence-electron chi connectivity index (χ4n) is 1.24. The number of hydrogen-bond donors (Lipinski definition) is 1. The Morgan fingerprint density at radius 3 is 2.46 bits per heavy atom. The van der Waals surface area contributed by atoms with Crippen molar-refractivity contribution in [3.05, 3.63) is 34.4 Å². The Bertz CT molecular complexity index is 397. The van der Waals surface area contributed by atoms with Crippen molar-refractivity contribution >= 4 is 5.97 Å². The molecule has 0 bridgehead atoms. The van der Waals surface area contributed by atoms with E-state index < -0.39 is 5.97 Å². The molecule has 2 heteroatoms. The fraction of sp³-hybridized carbons (Fsp3) is 0.182. The minimum atomic E-state index is -0.936. The van der Waals surface area contributed by atoms with Crippen molar-refractivity contribution in [2.24, 2.45) is 0 Å². The van der Waals surface area contributed by atoms with Gasteiger partial charge in [0.15, 0.2) is 0 Å². The van der Waals surface area contributed by atoms with Crippen LogP contribution in [0.25, 0.3) is 0 Å². The second kappa shape index (κ2) is 3.32. The van der Waals surface area contributed by atoms with E-state index in [1.807, 2.05) is 6.92 Å². The molecule has 1 aromatic rings. The third kappa shape index (κ3) is 1.70. The first-order valence-corrected chi connectivity index (χ1v) is 3.87. The minimum absolute atomic E-state index is 0.276. The standard InChI is InChI=1S/C11H10O2/c1-4-9-6-10(11(12)13)8(3)5-7(9)2/h1,5-6H,2-3H3,(H,12,13). The van der Waals surface area contributed by atoms with E-state index >= 15 is 0 Å². The van der Waals surface area contributed by atoms with Crippen molar-refractivity contribution in [1.82, 2.24) is 0 Å². The van der Waals surface area contributed by atoms with E-state index in [4.69, 9.17) is 11.5 Å². The van der Waals surface area contributed by atoms with Gasteiger partial charge in [-0.05, 0) is 31.0 Å². The molecule has 1 aromatic carbocycles. The molecule has 1 rings (SSSR count). The molecule has 0 atom stereocenters. The van der Waals surface area contributed by atoms with Gasteiger partial charge in [0, 0.05) is 5.56 Å². The van der Waals surface area contributed by atoms with Crippen LogP contribution >= 0.6 is 0 Å². The molecule has 0 amide bonds. The maximum atomic E-state index is 10.7. The lowest BCUT2D eigenvalue weighted by atomic mass is 10.0. The number of hydrogen-bond acceptors (Lipinski definition) is 1. The Labute approximate surface area is 77.2 Å². The third-order valence-electron chi connectivity index (χ3n) is 1.96. The summed E-state index contributed by atoms with van der Waals surface area (Å²) in [5, 5.41) is 8.81. The molecule has 0 aliphatic rings. The van der Waals surface area contributed by atoms with Gasteiger partial charge in [0.1, 0.15) is 0 Å². The smallest absolute Gasteiger partial charge is 0.335 e. The van der Waals surface area contributed by atoms with Crippen molar-refractivity contribution in [1.29, 1.82) is 0 Å². The molecular formula is C11H10O2. The van der Waals surface area contributed by atoms with E-state index in [1.54, 1.807) is 13.0 Å². The molecular weight excluding hydrogens is 164 g/mol. The average Bonchev–Trinajstić information content (AvgIpc) is 2.03. The van der Waals surface area contributed by atoms with Crippen molar-refractivity contribution in [2.45, 2.75) is 13.8 Å². The monoisotopic (exact) mass is 174 g/mol. The highest BCUT2D eigenvalue weighted by Crippen LogP contribution is 2.15. The van der Waals surface area contributed by atoms with Crippen LogP contribution in [0.3, 0.4) is 0 Å². The molecule has 0 heterocycles. The molecule has 66 valence electrons. The summed E-state index contributed by atoms with van der Waals surface area (Å²) in [7, 11) is 0. The molecule has 0 saturated carbocycles. The second-order valence-corrected chi connectivity index (χ2v) is 2.93. The van der Waals surface area contributed by atoms with Gasteiger partial charge in [0.2, 0.25) is 0 Å². The van der Waals surface area contributed by atoms with Crippen molar-refractivity contribution in [2.75, 3.05) is 0 Å². The van der Waals surface area contributed by atoms with Crippen LogP contribution in [0.15, 0.2) is 12.1 Å². The number of rotatable bonds is 1. The van der Waals surface area contributed by atoms with Crippen LogP contribution in [0.5, 0.6) is 0 Å². The highest BCUT2D eigenvalue weighted by molar-refractivity contribution is 5.90. The Morgan fingerprint density at radius 2 is 2.00 bits per heavy atom. The lowest BCUT2D eigenvalue weighted by Crippen LogP contribution is -2.01. The maximum Gasteiger partial charge on any atom is 0.335 e. The van der Waals surface area contributed by atoms with E-state index in [0.717, 1.165) is 11.1 Å². The number of carboxylic acids is 1. The van der Waals surface area contributed by atoms with E-state index in [2.05, 4.69) is 5.92 Å². The molecule has 13 heavy (non-hydrogen) atoms. The van der Waals surface area contributed by atoms with Gasteiger partial charge in [-0.15, -0.1) is 6.42 Å². The quantitative estimate of drug-likeness (QED) is 0.661. The zero-order chi connectivity index (χ0) is 10.0. The fourth-order valence-corrected chi connectivity index (χ4v) is 1.24. The van der Waals surface area contributed by atoms with Crippen molar-refractivity contribution in [3.8, 4) is 12.3 Å². The minimum Gasteiger partial charge on any atom is -0.478 e. The zero-order valence-electron chi connectivity index (χ0n) is 7.59. The van der Waals surface area contributed by atoms with Crippen LogP contribution < -0.4 is 0 Å². The molecule has 0 saturated heterocycles. The van der Waals surface area contributed by atoms with Gasteiger partial charge < -0.3 is 5.11 Å². The summed E-state index contributed by atoms with van der Waals surface area (Å²) in [6.45, 7) is 3.63. The number of aryl methyl sites for hydroxylation is 2. The summed E-state index contributed by atoms with van der Waals surface area (Å²) < 4.78 is 0. The van der Waals surface area contributed by atoms with Crippen LogP contribution in [0.1, 0.15) is 27.0 Å². The molecule has 0 unspecified atom stereocenters. The van der Waals surface area contributed by atoms with Gasteiger partial charge in [-0.3, -0.25) is 0 Å². The zero-order valence-corrected chi connectivity index (χ0v) is 7.59. The van der Waals surface area contributed by atoms with E-state index in [1.165, 1.54) is 6.07 Å². The predicted molar refractivity (Wildman–Crippen MR) is 50.8 cm³/mol. The summed E-state index contributed by atoms with van der Waals surface area (Å²) in [6.07, 6.45) is 5.23. The number of carbonyl (C=O) groups is 1. The molecule has 0 fully saturated rings. The molecule has 0 aliphatic heterocycles. The van der Waals surface area contributed by atoms with Crippen LogP contribution in [0.4, 0.5) is 0 Å². The summed E-state index contributed by atoms with van der Waals surface area (Å²) in [5.41, 5.74) is 2.59. The Balaban J connectivity index is 3.41. The lowest BCUT2D eigenvalue weighted by Gasteiger charge is -2.04. The lowest BCUT2D eigenvalue weighted by molar-refractivity contribution is 0.0696. The summed E-state index contributed by atoms with van der Waals surface area (Å²) >= 11 is 0. The Morgan fingerprint density at radius 1 is 1.38 bits per heavy atom. The number of benzene rings is 1. The van der Waals surface area contributed by atoms with E-state index in [-0.39, 0.29) is 5.56 Å². The largest absolute Gasteiger partial charge is 0.478 e. The average molecular weight is 174 g/mol. The molecule has 0 spiro atoms. The third-order valence-corrected chi connectivity index (χ3v) is 1.96. The van der Waals surface area contributed by atoms with Crippen LogP contribution in [-0.2, 0) is 0 Å². The van der Waals surface area contributed by atoms with Crippen LogP contribution in [-0.4, -0.2) is 11.1 Å². The van der Waals surface area contributed by atoms with Gasteiger partial charge in [-0.1, -0.05) is 12.0 Å². The first-order chi connectivity index (χ1) is 6.06. The first-order valence-electron chi connectivity index (χ1n) is 3.87. The maximum absolute atomic E-state index is 10.7. The van der Waals surface area contributed by atoms with Gasteiger partial charge in [-0.25, -0.2) is 4.79 Å². The van der Waals surface area contributed by atoms with E-state index in [9.17, 15) is 4.79 Å². The predicted octanol–water partition coefficient (Wildman–Crippen LogP) is 1.98. The molecule has 2 nitrogen and oxygen atoms in total. The molecule has 0 radical (unpaired) electrons. The molecule has 1 N–H and O–H groups in total. The van der Waals surface area contributed by atoms with Crippen molar-refractivity contribution < 1.29 is 9.90 Å². The first kappa shape index (κ1) is 9.34. The van der Waals surface area contributed by atoms with Crippen LogP contribution in [0, 0.1) is 26.2 Å². The molecule has 0 aromatic heterocycles. The SMILES string of the molecule is C#Cc1cc(C(=O)O)c(C)cc1C. The van der Waals surface area contributed by atoms with Crippen LogP contribution in [0.2, 0.25) is 0 Å². The van der Waals surface area contributed by atoms with Gasteiger partial charge in [0.05, 0.1) is 5.56 Å². The topological polar surface area (TPSA) is 37.3 Å². The number of carboxylic acid groups (broad SMARTS) is 1. The van der Waals surface area contributed by atoms with Gasteiger partial charge in [-0.2, -0.15) is 0 Å². The number of terminal acetylenes is 1. The second-order valence-electron chi connectivity index (χ2n) is 2.93. The Kier molecular flexibility index (Phi) is 2.39.